The first-order valence-electron chi connectivity index (χ1n) is 8.63. The molecule has 1 aliphatic rings. The van der Waals surface area contributed by atoms with Crippen molar-refractivity contribution in [3.05, 3.63) is 53.6 Å². The number of hydrogen-bond donors (Lipinski definition) is 1. The van der Waals surface area contributed by atoms with Crippen LogP contribution in [0.1, 0.15) is 35.8 Å². The summed E-state index contributed by atoms with van der Waals surface area (Å²) in [6.45, 7) is 3.19. The number of methoxy groups -OCH3 is 1. The molecule has 2 aromatic rings. The number of hydrogen-bond acceptors (Lipinski definition) is 4. The van der Waals surface area contributed by atoms with E-state index in [1.54, 1.807) is 7.11 Å². The molecule has 0 spiro atoms. The number of aromatic nitrogens is 2. The third-order valence-electron chi connectivity index (χ3n) is 4.73. The quantitative estimate of drug-likeness (QED) is 0.848. The minimum Gasteiger partial charge on any atom is -0.381 e. The number of ether oxygens (including phenoxy) is 2. The molecule has 5 nitrogen and oxygen atoms in total. The molecule has 2 heterocycles. The van der Waals surface area contributed by atoms with Crippen molar-refractivity contribution < 1.29 is 9.47 Å². The van der Waals surface area contributed by atoms with Gasteiger partial charge in [0, 0.05) is 46.3 Å². The molecule has 0 radical (unpaired) electrons. The highest BCUT2D eigenvalue weighted by atomic mass is 16.5. The summed E-state index contributed by atoms with van der Waals surface area (Å²) in [5.74, 6) is 1.67. The van der Waals surface area contributed by atoms with Crippen molar-refractivity contribution in [3.8, 4) is 0 Å². The zero-order valence-corrected chi connectivity index (χ0v) is 14.6. The highest BCUT2D eigenvalue weighted by Crippen LogP contribution is 2.29. The second kappa shape index (κ2) is 8.42. The van der Waals surface area contributed by atoms with Gasteiger partial charge in [0.25, 0.3) is 0 Å². The molecule has 0 saturated carbocycles. The van der Waals surface area contributed by atoms with Crippen LogP contribution in [0.15, 0.2) is 36.7 Å². The summed E-state index contributed by atoms with van der Waals surface area (Å²) in [5.41, 5.74) is 2.48. The van der Waals surface area contributed by atoms with E-state index in [4.69, 9.17) is 9.47 Å². The van der Waals surface area contributed by atoms with Crippen LogP contribution in [0.5, 0.6) is 0 Å². The zero-order valence-electron chi connectivity index (χ0n) is 14.6. The molecule has 3 rings (SSSR count). The van der Waals surface area contributed by atoms with E-state index in [9.17, 15) is 0 Å². The van der Waals surface area contributed by atoms with Crippen molar-refractivity contribution in [1.29, 1.82) is 0 Å². The maximum atomic E-state index is 5.53. The average Bonchev–Trinajstić information content (AvgIpc) is 3.04. The first-order chi connectivity index (χ1) is 11.8. The van der Waals surface area contributed by atoms with E-state index in [0.29, 0.717) is 12.5 Å². The van der Waals surface area contributed by atoms with Crippen molar-refractivity contribution in [2.75, 3.05) is 20.3 Å². The molecular formula is C19H27N3O2. The summed E-state index contributed by atoms with van der Waals surface area (Å²) in [7, 11) is 3.79. The van der Waals surface area contributed by atoms with Crippen LogP contribution >= 0.6 is 0 Å². The van der Waals surface area contributed by atoms with E-state index >= 15 is 0 Å². The van der Waals surface area contributed by atoms with Gasteiger partial charge in [-0.3, -0.25) is 0 Å². The molecule has 0 unspecified atom stereocenters. The lowest BCUT2D eigenvalue weighted by molar-refractivity contribution is 0.0518. The predicted molar refractivity (Wildman–Crippen MR) is 93.5 cm³/mol. The Hall–Kier alpha value is -1.69. The molecule has 130 valence electrons. The van der Waals surface area contributed by atoms with Gasteiger partial charge in [-0.15, -0.1) is 0 Å². The molecule has 1 saturated heterocycles. The SMILES string of the molecule is COCc1ccc(CN[C@H](c2nccn2C)C2CCOCC2)cc1. The van der Waals surface area contributed by atoms with Crippen LogP contribution in [0.4, 0.5) is 0 Å². The Morgan fingerprint density at radius 1 is 1.25 bits per heavy atom. The van der Waals surface area contributed by atoms with E-state index in [2.05, 4.69) is 46.2 Å². The Kier molecular flexibility index (Phi) is 6.01. The van der Waals surface area contributed by atoms with Crippen molar-refractivity contribution in [3.63, 3.8) is 0 Å². The number of aryl methyl sites for hydroxylation is 1. The van der Waals surface area contributed by atoms with Crippen LogP contribution < -0.4 is 5.32 Å². The Morgan fingerprint density at radius 3 is 2.58 bits per heavy atom. The van der Waals surface area contributed by atoms with E-state index in [1.165, 1.54) is 11.1 Å². The van der Waals surface area contributed by atoms with E-state index in [1.807, 2.05) is 12.4 Å². The molecular weight excluding hydrogens is 302 g/mol. The van der Waals surface area contributed by atoms with Crippen LogP contribution in [-0.4, -0.2) is 29.9 Å². The number of nitrogens with one attached hydrogen (secondary N) is 1. The first-order valence-corrected chi connectivity index (χ1v) is 8.63. The summed E-state index contributed by atoms with van der Waals surface area (Å²) in [6, 6.07) is 8.85. The lowest BCUT2D eigenvalue weighted by atomic mass is 9.91. The molecule has 5 heteroatoms. The fourth-order valence-electron chi connectivity index (χ4n) is 3.34. The zero-order chi connectivity index (χ0) is 16.8. The van der Waals surface area contributed by atoms with Crippen molar-refractivity contribution in [2.24, 2.45) is 13.0 Å². The van der Waals surface area contributed by atoms with Crippen LogP contribution in [0.3, 0.4) is 0 Å². The van der Waals surface area contributed by atoms with Gasteiger partial charge >= 0.3 is 0 Å². The molecule has 1 aromatic heterocycles. The summed E-state index contributed by atoms with van der Waals surface area (Å²) in [4.78, 5) is 4.59. The topological polar surface area (TPSA) is 48.3 Å². The van der Waals surface area contributed by atoms with Crippen LogP contribution in [0.2, 0.25) is 0 Å². The van der Waals surface area contributed by atoms with Gasteiger partial charge in [0.05, 0.1) is 12.6 Å². The normalized spacial score (nSPS) is 17.1. The van der Waals surface area contributed by atoms with Gasteiger partial charge in [0.15, 0.2) is 0 Å². The summed E-state index contributed by atoms with van der Waals surface area (Å²) in [6.07, 6.45) is 6.06. The Balaban J connectivity index is 1.68. The predicted octanol–water partition coefficient (Wildman–Crippen LogP) is 2.82. The minimum atomic E-state index is 0.257. The van der Waals surface area contributed by atoms with Crippen LogP contribution in [0.25, 0.3) is 0 Å². The Labute approximate surface area is 144 Å². The number of benzene rings is 1. The number of imidazole rings is 1. The van der Waals surface area contributed by atoms with Gasteiger partial charge < -0.3 is 19.4 Å². The van der Waals surface area contributed by atoms with Crippen LogP contribution in [0, 0.1) is 5.92 Å². The number of nitrogens with zero attached hydrogens (tertiary/aromatic N) is 2. The standard InChI is InChI=1S/C19H27N3O2/c1-22-10-9-20-19(22)18(17-7-11-24-12-8-17)21-13-15-3-5-16(6-4-15)14-23-2/h3-6,9-10,17-18,21H,7-8,11-14H2,1-2H3/t18-/m0/s1. The third kappa shape index (κ3) is 4.23. The lowest BCUT2D eigenvalue weighted by Crippen LogP contribution is -2.33. The molecule has 0 aliphatic carbocycles. The van der Waals surface area contributed by atoms with Crippen molar-refractivity contribution in [1.82, 2.24) is 14.9 Å². The molecule has 1 N–H and O–H groups in total. The largest absolute Gasteiger partial charge is 0.381 e. The van der Waals surface area contributed by atoms with Gasteiger partial charge in [0.2, 0.25) is 0 Å². The summed E-state index contributed by atoms with van der Waals surface area (Å²) in [5, 5.41) is 3.73. The second-order valence-corrected chi connectivity index (χ2v) is 6.45. The van der Waals surface area contributed by atoms with Crippen LogP contribution in [-0.2, 0) is 29.7 Å². The highest BCUT2D eigenvalue weighted by Gasteiger charge is 2.27. The maximum absolute atomic E-state index is 5.53. The van der Waals surface area contributed by atoms with E-state index < -0.39 is 0 Å². The molecule has 1 atom stereocenters. The lowest BCUT2D eigenvalue weighted by Gasteiger charge is -2.30. The monoisotopic (exact) mass is 329 g/mol. The summed E-state index contributed by atoms with van der Waals surface area (Å²) < 4.78 is 12.8. The smallest absolute Gasteiger partial charge is 0.125 e. The molecule has 24 heavy (non-hydrogen) atoms. The Bertz CT molecular complexity index is 618. The van der Waals surface area contributed by atoms with Gasteiger partial charge in [-0.2, -0.15) is 0 Å². The van der Waals surface area contributed by atoms with Gasteiger partial charge in [-0.25, -0.2) is 4.98 Å². The second-order valence-electron chi connectivity index (χ2n) is 6.45. The third-order valence-corrected chi connectivity index (χ3v) is 4.73. The average molecular weight is 329 g/mol. The van der Waals surface area contributed by atoms with Crippen molar-refractivity contribution in [2.45, 2.75) is 32.0 Å². The Morgan fingerprint density at radius 2 is 1.96 bits per heavy atom. The van der Waals surface area contributed by atoms with Gasteiger partial charge in [-0.05, 0) is 29.9 Å². The minimum absolute atomic E-state index is 0.257. The van der Waals surface area contributed by atoms with Gasteiger partial charge in [-0.1, -0.05) is 24.3 Å². The molecule has 0 amide bonds. The molecule has 1 aliphatic heterocycles. The first kappa shape index (κ1) is 17.1. The fourth-order valence-corrected chi connectivity index (χ4v) is 3.34. The number of rotatable bonds is 7. The van der Waals surface area contributed by atoms with Crippen molar-refractivity contribution >= 4 is 0 Å². The molecule has 0 bridgehead atoms. The van der Waals surface area contributed by atoms with E-state index in [0.717, 1.165) is 38.4 Å². The van der Waals surface area contributed by atoms with Gasteiger partial charge in [0.1, 0.15) is 5.82 Å². The summed E-state index contributed by atoms with van der Waals surface area (Å²) >= 11 is 0. The highest BCUT2D eigenvalue weighted by molar-refractivity contribution is 5.22. The van der Waals surface area contributed by atoms with E-state index in [-0.39, 0.29) is 6.04 Å². The fraction of sp³-hybridized carbons (Fsp3) is 0.526. The molecule has 1 aromatic carbocycles. The molecule has 1 fully saturated rings. The maximum Gasteiger partial charge on any atom is 0.125 e.